The van der Waals surface area contributed by atoms with Crippen molar-refractivity contribution in [3.63, 3.8) is 0 Å². The fraction of sp³-hybridized carbons (Fsp3) is 0.750. The van der Waals surface area contributed by atoms with E-state index in [1.807, 2.05) is 5.32 Å². The summed E-state index contributed by atoms with van der Waals surface area (Å²) in [6, 6.07) is -0.656. The highest BCUT2D eigenvalue weighted by molar-refractivity contribution is 8.00. The first-order chi connectivity index (χ1) is 7.66. The van der Waals surface area contributed by atoms with Crippen molar-refractivity contribution < 1.29 is 23.5 Å². The highest BCUT2D eigenvalue weighted by Gasteiger charge is 2.50. The molecule has 88 valence electrons. The SMILES string of the molecule is O=C1NC(=O)N2[C@@H]3CS[C@@H](CO[C@H]2[C@H]1F)O3. The Labute approximate surface area is 94.4 Å². The van der Waals surface area contributed by atoms with Gasteiger partial charge in [0.2, 0.25) is 6.17 Å². The number of hydrogen-bond donors (Lipinski definition) is 1. The summed E-state index contributed by atoms with van der Waals surface area (Å²) >= 11 is 1.51. The average Bonchev–Trinajstić information content (AvgIpc) is 2.58. The summed E-state index contributed by atoms with van der Waals surface area (Å²) in [5, 5.41) is 1.94. The third-order valence-corrected chi connectivity index (χ3v) is 3.78. The van der Waals surface area contributed by atoms with Crippen molar-refractivity contribution in [2.24, 2.45) is 0 Å². The highest BCUT2D eigenvalue weighted by Crippen LogP contribution is 2.34. The van der Waals surface area contributed by atoms with Crippen LogP contribution in [-0.2, 0) is 14.3 Å². The van der Waals surface area contributed by atoms with Crippen LogP contribution < -0.4 is 5.32 Å². The van der Waals surface area contributed by atoms with E-state index in [0.717, 1.165) is 4.90 Å². The van der Waals surface area contributed by atoms with Crippen LogP contribution in [-0.4, -0.2) is 53.3 Å². The number of fused-ring (bicyclic) bond motifs is 4. The lowest BCUT2D eigenvalue weighted by molar-refractivity contribution is -0.148. The molecule has 0 aromatic heterocycles. The molecule has 3 rings (SSSR count). The Morgan fingerprint density at radius 3 is 3.12 bits per heavy atom. The summed E-state index contributed by atoms with van der Waals surface area (Å²) in [4.78, 5) is 23.8. The van der Waals surface area contributed by atoms with Crippen LogP contribution in [0.1, 0.15) is 0 Å². The summed E-state index contributed by atoms with van der Waals surface area (Å²) in [6.45, 7) is 0.184. The van der Waals surface area contributed by atoms with Crippen molar-refractivity contribution in [1.29, 1.82) is 0 Å². The Balaban J connectivity index is 1.92. The minimum Gasteiger partial charge on any atom is -0.351 e. The van der Waals surface area contributed by atoms with Crippen LogP contribution in [0.3, 0.4) is 0 Å². The number of halogens is 1. The Hall–Kier alpha value is -0.860. The molecule has 4 atom stereocenters. The zero-order valence-corrected chi connectivity index (χ0v) is 8.91. The Bertz CT molecular complexity index is 355. The van der Waals surface area contributed by atoms with Crippen molar-refractivity contribution in [2.75, 3.05) is 12.4 Å². The molecule has 2 bridgehead atoms. The molecule has 0 aromatic carbocycles. The number of nitrogens with one attached hydrogen (secondary N) is 1. The minimum atomic E-state index is -1.86. The predicted octanol–water partition coefficient (Wildman–Crippen LogP) is -0.352. The van der Waals surface area contributed by atoms with E-state index < -0.39 is 30.6 Å². The minimum absolute atomic E-state index is 0.184. The molecule has 8 heteroatoms. The van der Waals surface area contributed by atoms with Crippen molar-refractivity contribution in [3.8, 4) is 0 Å². The molecule has 0 spiro atoms. The van der Waals surface area contributed by atoms with Crippen LogP contribution in [0.2, 0.25) is 0 Å². The van der Waals surface area contributed by atoms with E-state index >= 15 is 0 Å². The zero-order valence-electron chi connectivity index (χ0n) is 8.09. The quantitative estimate of drug-likeness (QED) is 0.634. The van der Waals surface area contributed by atoms with Gasteiger partial charge in [-0.25, -0.2) is 9.18 Å². The van der Waals surface area contributed by atoms with Gasteiger partial charge in [0.1, 0.15) is 11.7 Å². The number of carbonyl (C=O) groups excluding carboxylic acids is 2. The first-order valence-corrected chi connectivity index (χ1v) is 5.87. The first kappa shape index (κ1) is 10.3. The summed E-state index contributed by atoms with van der Waals surface area (Å²) in [5.41, 5.74) is -0.189. The average molecular weight is 248 g/mol. The van der Waals surface area contributed by atoms with Crippen molar-refractivity contribution in [3.05, 3.63) is 0 Å². The third-order valence-electron chi connectivity index (χ3n) is 2.69. The molecule has 0 unspecified atom stereocenters. The van der Waals surface area contributed by atoms with Crippen molar-refractivity contribution in [1.82, 2.24) is 10.2 Å². The fourth-order valence-electron chi connectivity index (χ4n) is 1.94. The molecule has 3 heterocycles. The van der Waals surface area contributed by atoms with Gasteiger partial charge in [-0.1, -0.05) is 0 Å². The smallest absolute Gasteiger partial charge is 0.328 e. The normalized spacial score (nSPS) is 42.7. The van der Waals surface area contributed by atoms with E-state index in [0.29, 0.717) is 5.75 Å². The summed E-state index contributed by atoms with van der Waals surface area (Å²) in [6.07, 6.45) is -3.53. The first-order valence-electron chi connectivity index (χ1n) is 4.83. The van der Waals surface area contributed by atoms with Crippen LogP contribution in [0, 0.1) is 0 Å². The molecule has 0 aliphatic carbocycles. The Morgan fingerprint density at radius 2 is 2.31 bits per heavy atom. The molecule has 3 aliphatic rings. The van der Waals surface area contributed by atoms with Crippen LogP contribution in [0.5, 0.6) is 0 Å². The largest absolute Gasteiger partial charge is 0.351 e. The molecule has 3 aliphatic heterocycles. The van der Waals surface area contributed by atoms with Gasteiger partial charge in [0.05, 0.1) is 6.61 Å². The summed E-state index contributed by atoms with van der Waals surface area (Å²) in [7, 11) is 0. The predicted molar refractivity (Wildman–Crippen MR) is 51.1 cm³/mol. The molecular formula is C8H9FN2O4S. The number of ether oxygens (including phenoxy) is 2. The van der Waals surface area contributed by atoms with E-state index in [9.17, 15) is 14.0 Å². The monoisotopic (exact) mass is 248 g/mol. The lowest BCUT2D eigenvalue weighted by Crippen LogP contribution is -2.64. The molecule has 16 heavy (non-hydrogen) atoms. The molecule has 0 saturated carbocycles. The van der Waals surface area contributed by atoms with Crippen molar-refractivity contribution in [2.45, 2.75) is 24.1 Å². The van der Waals surface area contributed by atoms with Crippen LogP contribution in [0.15, 0.2) is 0 Å². The van der Waals surface area contributed by atoms with E-state index in [1.165, 1.54) is 11.8 Å². The van der Waals surface area contributed by atoms with Gasteiger partial charge < -0.3 is 9.47 Å². The topological polar surface area (TPSA) is 67.9 Å². The maximum atomic E-state index is 13.6. The van der Waals surface area contributed by atoms with Gasteiger partial charge in [-0.3, -0.25) is 15.0 Å². The fourth-order valence-corrected chi connectivity index (χ4v) is 2.94. The lowest BCUT2D eigenvalue weighted by Gasteiger charge is -2.37. The van der Waals surface area contributed by atoms with Gasteiger partial charge in [0.25, 0.3) is 5.91 Å². The molecule has 3 fully saturated rings. The Morgan fingerprint density at radius 1 is 1.50 bits per heavy atom. The summed E-state index contributed by atoms with van der Waals surface area (Å²) in [5.74, 6) is -0.379. The zero-order chi connectivity index (χ0) is 11.3. The van der Waals surface area contributed by atoms with Gasteiger partial charge in [0, 0.05) is 5.75 Å². The number of amides is 3. The maximum absolute atomic E-state index is 13.6. The van der Waals surface area contributed by atoms with E-state index in [1.54, 1.807) is 0 Å². The van der Waals surface area contributed by atoms with E-state index in [-0.39, 0.29) is 12.0 Å². The van der Waals surface area contributed by atoms with Crippen LogP contribution in [0.25, 0.3) is 0 Å². The van der Waals surface area contributed by atoms with Gasteiger partial charge in [-0.05, 0) is 0 Å². The number of nitrogens with zero attached hydrogens (tertiary/aromatic N) is 1. The molecule has 6 nitrogen and oxygen atoms in total. The second kappa shape index (κ2) is 3.57. The second-order valence-electron chi connectivity index (χ2n) is 3.68. The van der Waals surface area contributed by atoms with Gasteiger partial charge in [-0.2, -0.15) is 0 Å². The van der Waals surface area contributed by atoms with Gasteiger partial charge >= 0.3 is 6.03 Å². The number of rotatable bonds is 0. The number of imide groups is 1. The highest BCUT2D eigenvalue weighted by atomic mass is 32.2. The number of carbonyl (C=O) groups is 2. The molecule has 0 radical (unpaired) electrons. The van der Waals surface area contributed by atoms with Crippen molar-refractivity contribution >= 4 is 23.7 Å². The Kier molecular flexibility index (Phi) is 2.30. The van der Waals surface area contributed by atoms with Gasteiger partial charge in [0.15, 0.2) is 6.23 Å². The maximum Gasteiger partial charge on any atom is 0.328 e. The number of urea groups is 1. The van der Waals surface area contributed by atoms with E-state index in [4.69, 9.17) is 9.47 Å². The number of alkyl halides is 1. The van der Waals surface area contributed by atoms with Crippen LogP contribution in [0.4, 0.5) is 9.18 Å². The third kappa shape index (κ3) is 1.40. The number of thioether (sulfide) groups is 1. The molecule has 1 N–H and O–H groups in total. The van der Waals surface area contributed by atoms with Gasteiger partial charge in [-0.15, -0.1) is 11.8 Å². The van der Waals surface area contributed by atoms with E-state index in [2.05, 4.69) is 0 Å². The molecule has 3 saturated heterocycles. The molecular weight excluding hydrogens is 239 g/mol. The lowest BCUT2D eigenvalue weighted by atomic mass is 10.2. The molecule has 3 amide bonds. The second-order valence-corrected chi connectivity index (χ2v) is 4.87. The van der Waals surface area contributed by atoms with Crippen LogP contribution >= 0.6 is 11.8 Å². The molecule has 0 aromatic rings. The number of hydrogen-bond acceptors (Lipinski definition) is 5. The standard InChI is InChI=1S/C8H9FN2O4S/c9-5-6(12)10-8(13)11-3-2-16-4(15-3)1-14-7(5)11/h3-5,7H,1-2H2,(H,10,12,13)/t3-,4-,5-,7-/m0/s1. The summed E-state index contributed by atoms with van der Waals surface area (Å²) < 4.78 is 24.3.